The standard InChI is InChI=1S/C13H23N/c1-4-5-6-7-13(14-3)12-9-8-11(2)10-12/h1,11-14H,5-10H2,2-3H3. The van der Waals surface area contributed by atoms with E-state index >= 15 is 0 Å². The number of hydrogen-bond donors (Lipinski definition) is 1. The topological polar surface area (TPSA) is 12.0 Å². The summed E-state index contributed by atoms with van der Waals surface area (Å²) >= 11 is 0. The van der Waals surface area contributed by atoms with Crippen LogP contribution in [0, 0.1) is 24.2 Å². The van der Waals surface area contributed by atoms with Crippen molar-refractivity contribution in [2.75, 3.05) is 7.05 Å². The summed E-state index contributed by atoms with van der Waals surface area (Å²) in [4.78, 5) is 0. The van der Waals surface area contributed by atoms with E-state index in [1.54, 1.807) is 0 Å². The molecule has 0 amide bonds. The Kier molecular flexibility index (Phi) is 5.04. The van der Waals surface area contributed by atoms with Crippen LogP contribution in [0.4, 0.5) is 0 Å². The Morgan fingerprint density at radius 2 is 2.29 bits per heavy atom. The highest BCUT2D eigenvalue weighted by Gasteiger charge is 2.27. The van der Waals surface area contributed by atoms with Gasteiger partial charge in [-0.2, -0.15) is 0 Å². The van der Waals surface area contributed by atoms with Crippen LogP contribution in [-0.2, 0) is 0 Å². The minimum atomic E-state index is 0.702. The summed E-state index contributed by atoms with van der Waals surface area (Å²) in [5, 5.41) is 3.45. The molecule has 0 saturated heterocycles. The van der Waals surface area contributed by atoms with E-state index in [1.165, 1.54) is 32.1 Å². The number of rotatable bonds is 5. The molecule has 0 radical (unpaired) electrons. The van der Waals surface area contributed by atoms with Crippen LogP contribution < -0.4 is 5.32 Å². The van der Waals surface area contributed by atoms with Gasteiger partial charge >= 0.3 is 0 Å². The van der Waals surface area contributed by atoms with Crippen molar-refractivity contribution >= 4 is 0 Å². The first-order valence-corrected chi connectivity index (χ1v) is 5.88. The highest BCUT2D eigenvalue weighted by atomic mass is 14.9. The first-order chi connectivity index (χ1) is 6.77. The highest BCUT2D eigenvalue weighted by Crippen LogP contribution is 2.33. The van der Waals surface area contributed by atoms with Gasteiger partial charge in [-0.3, -0.25) is 0 Å². The van der Waals surface area contributed by atoms with Gasteiger partial charge in [0.1, 0.15) is 0 Å². The van der Waals surface area contributed by atoms with E-state index in [2.05, 4.69) is 25.2 Å². The quantitative estimate of drug-likeness (QED) is 0.523. The summed E-state index contributed by atoms with van der Waals surface area (Å²) in [6.45, 7) is 2.37. The SMILES string of the molecule is C#CCCCC(NC)C1CCC(C)C1. The zero-order valence-electron chi connectivity index (χ0n) is 9.55. The minimum absolute atomic E-state index is 0.702. The molecule has 14 heavy (non-hydrogen) atoms. The van der Waals surface area contributed by atoms with E-state index in [4.69, 9.17) is 6.42 Å². The van der Waals surface area contributed by atoms with Crippen LogP contribution in [0.3, 0.4) is 0 Å². The predicted molar refractivity (Wildman–Crippen MR) is 62.0 cm³/mol. The van der Waals surface area contributed by atoms with Crippen LogP contribution in [-0.4, -0.2) is 13.1 Å². The number of terminal acetylenes is 1. The van der Waals surface area contributed by atoms with Gasteiger partial charge in [-0.1, -0.05) is 13.3 Å². The van der Waals surface area contributed by atoms with Gasteiger partial charge in [0, 0.05) is 12.5 Å². The molecular weight excluding hydrogens is 170 g/mol. The summed E-state index contributed by atoms with van der Waals surface area (Å²) in [5.41, 5.74) is 0. The normalized spacial score (nSPS) is 28.6. The van der Waals surface area contributed by atoms with Crippen molar-refractivity contribution in [3.63, 3.8) is 0 Å². The Labute approximate surface area is 88.7 Å². The van der Waals surface area contributed by atoms with Gasteiger partial charge in [-0.05, 0) is 44.6 Å². The molecule has 0 aromatic rings. The fraction of sp³-hybridized carbons (Fsp3) is 0.846. The van der Waals surface area contributed by atoms with Crippen molar-refractivity contribution in [1.82, 2.24) is 5.32 Å². The molecule has 0 aliphatic heterocycles. The van der Waals surface area contributed by atoms with E-state index < -0.39 is 0 Å². The molecule has 0 aromatic carbocycles. The molecule has 1 nitrogen and oxygen atoms in total. The zero-order chi connectivity index (χ0) is 10.4. The second kappa shape index (κ2) is 6.09. The monoisotopic (exact) mass is 193 g/mol. The molecule has 0 aromatic heterocycles. The Hall–Kier alpha value is -0.480. The van der Waals surface area contributed by atoms with Gasteiger partial charge in [0.15, 0.2) is 0 Å². The van der Waals surface area contributed by atoms with Crippen molar-refractivity contribution in [2.24, 2.45) is 11.8 Å². The van der Waals surface area contributed by atoms with Crippen LogP contribution in [0.25, 0.3) is 0 Å². The number of unbranched alkanes of at least 4 members (excludes halogenated alkanes) is 1. The van der Waals surface area contributed by atoms with Crippen LogP contribution in [0.1, 0.15) is 45.4 Å². The Morgan fingerprint density at radius 1 is 1.50 bits per heavy atom. The molecule has 80 valence electrons. The summed E-state index contributed by atoms with van der Waals surface area (Å²) in [6.07, 6.45) is 12.8. The smallest absolute Gasteiger partial charge is 0.00927 e. The molecule has 1 saturated carbocycles. The van der Waals surface area contributed by atoms with Gasteiger partial charge in [-0.15, -0.1) is 12.3 Å². The predicted octanol–water partition coefficient (Wildman–Crippen LogP) is 2.81. The second-order valence-electron chi connectivity index (χ2n) is 4.67. The fourth-order valence-electron chi connectivity index (χ4n) is 2.66. The maximum atomic E-state index is 5.26. The van der Waals surface area contributed by atoms with Crippen molar-refractivity contribution in [3.05, 3.63) is 0 Å². The number of nitrogens with one attached hydrogen (secondary N) is 1. The lowest BCUT2D eigenvalue weighted by Crippen LogP contribution is -2.32. The molecule has 0 spiro atoms. The highest BCUT2D eigenvalue weighted by molar-refractivity contribution is 4.86. The van der Waals surface area contributed by atoms with Crippen LogP contribution in [0.2, 0.25) is 0 Å². The Morgan fingerprint density at radius 3 is 2.79 bits per heavy atom. The lowest BCUT2D eigenvalue weighted by Gasteiger charge is -2.22. The number of hydrogen-bond acceptors (Lipinski definition) is 1. The third-order valence-corrected chi connectivity index (χ3v) is 3.51. The Bertz CT molecular complexity index is 192. The molecule has 3 unspecified atom stereocenters. The van der Waals surface area contributed by atoms with E-state index in [0.29, 0.717) is 6.04 Å². The fourth-order valence-corrected chi connectivity index (χ4v) is 2.66. The molecule has 0 heterocycles. The van der Waals surface area contributed by atoms with Crippen molar-refractivity contribution in [2.45, 2.75) is 51.5 Å². The molecular formula is C13H23N. The lowest BCUT2D eigenvalue weighted by atomic mass is 9.93. The first kappa shape index (κ1) is 11.6. The summed E-state index contributed by atoms with van der Waals surface area (Å²) in [5.74, 6) is 4.55. The maximum absolute atomic E-state index is 5.26. The van der Waals surface area contributed by atoms with E-state index in [1.807, 2.05) is 0 Å². The molecule has 1 aliphatic carbocycles. The largest absolute Gasteiger partial charge is 0.317 e. The molecule has 3 atom stereocenters. The molecule has 1 fully saturated rings. The molecule has 0 bridgehead atoms. The van der Waals surface area contributed by atoms with Crippen molar-refractivity contribution in [3.8, 4) is 12.3 Å². The molecule has 1 aliphatic rings. The second-order valence-corrected chi connectivity index (χ2v) is 4.67. The summed E-state index contributed by atoms with van der Waals surface area (Å²) < 4.78 is 0. The summed E-state index contributed by atoms with van der Waals surface area (Å²) in [6, 6.07) is 0.702. The van der Waals surface area contributed by atoms with Crippen LogP contribution >= 0.6 is 0 Å². The first-order valence-electron chi connectivity index (χ1n) is 5.88. The third-order valence-electron chi connectivity index (χ3n) is 3.51. The Balaban J connectivity index is 2.27. The van der Waals surface area contributed by atoms with Crippen LogP contribution in [0.5, 0.6) is 0 Å². The van der Waals surface area contributed by atoms with Gasteiger partial charge in [0.2, 0.25) is 0 Å². The van der Waals surface area contributed by atoms with Gasteiger partial charge in [0.05, 0.1) is 0 Å². The van der Waals surface area contributed by atoms with Crippen molar-refractivity contribution < 1.29 is 0 Å². The average Bonchev–Trinajstić information content (AvgIpc) is 2.60. The van der Waals surface area contributed by atoms with Gasteiger partial charge in [0.25, 0.3) is 0 Å². The molecule has 1 rings (SSSR count). The maximum Gasteiger partial charge on any atom is 0.00927 e. The van der Waals surface area contributed by atoms with Gasteiger partial charge in [-0.25, -0.2) is 0 Å². The van der Waals surface area contributed by atoms with Gasteiger partial charge < -0.3 is 5.32 Å². The average molecular weight is 193 g/mol. The third kappa shape index (κ3) is 3.35. The summed E-state index contributed by atoms with van der Waals surface area (Å²) in [7, 11) is 2.09. The van der Waals surface area contributed by atoms with Crippen LogP contribution in [0.15, 0.2) is 0 Å². The zero-order valence-corrected chi connectivity index (χ0v) is 9.55. The lowest BCUT2D eigenvalue weighted by molar-refractivity contribution is 0.346. The minimum Gasteiger partial charge on any atom is -0.317 e. The van der Waals surface area contributed by atoms with E-state index in [9.17, 15) is 0 Å². The van der Waals surface area contributed by atoms with Crippen molar-refractivity contribution in [1.29, 1.82) is 0 Å². The molecule has 1 N–H and O–H groups in total. The molecule has 1 heteroatoms. The van der Waals surface area contributed by atoms with E-state index in [-0.39, 0.29) is 0 Å². The van der Waals surface area contributed by atoms with E-state index in [0.717, 1.165) is 18.3 Å².